The average molecular weight is 457 g/mol. The quantitative estimate of drug-likeness (QED) is 0.325. The van der Waals surface area contributed by atoms with Crippen molar-refractivity contribution in [2.45, 2.75) is 44.3 Å². The van der Waals surface area contributed by atoms with Gasteiger partial charge in [0.25, 0.3) is 5.91 Å². The van der Waals surface area contributed by atoms with Crippen LogP contribution in [0.25, 0.3) is 5.76 Å². The van der Waals surface area contributed by atoms with E-state index >= 15 is 0 Å². The highest BCUT2D eigenvalue weighted by Gasteiger charge is 2.66. The minimum absolute atomic E-state index is 0.0299. The summed E-state index contributed by atoms with van der Waals surface area (Å²) in [4.78, 5) is 50.3. The molecule has 0 heterocycles. The highest BCUT2D eigenvalue weighted by atomic mass is 16.5. The lowest BCUT2D eigenvalue weighted by Gasteiger charge is -2.51. The number of carbonyl (C=O) groups is 4. The third kappa shape index (κ3) is 2.90. The van der Waals surface area contributed by atoms with E-state index in [4.69, 9.17) is 10.5 Å². The number of aliphatic hydroxyl groups is 3. The molecular formula is C23H23NO9. The van der Waals surface area contributed by atoms with Crippen LogP contribution < -0.4 is 5.73 Å². The molecule has 10 heteroatoms. The van der Waals surface area contributed by atoms with Crippen molar-refractivity contribution in [1.29, 1.82) is 0 Å². The van der Waals surface area contributed by atoms with Gasteiger partial charge in [-0.1, -0.05) is 26.0 Å². The Hall–Kier alpha value is -3.66. The highest BCUT2D eigenvalue weighted by Crippen LogP contribution is 2.56. The molecule has 1 fully saturated rings. The number of ether oxygens (including phenoxy) is 1. The summed E-state index contributed by atoms with van der Waals surface area (Å²) in [6.45, 7) is 3.22. The number of fused-ring (bicyclic) bond motifs is 3. The summed E-state index contributed by atoms with van der Waals surface area (Å²) < 4.78 is 5.59. The standard InChI is InChI=1S/C23H23NO9/c1-3-13(27)33-19-10-7-12(26)16(22(24)31)20(29)23(10,32)21(30)17-14(19)8(2)9-5-4-6-11(25)15(9)18(17)28/h4-6,8,10,14,19,25,28-29,32H,3,7H2,1-2H3,(H2,24,31). The number of Topliss-reactive ketones (excluding diaryl/α,β-unsaturated/α-hetero) is 2. The molecule has 0 bridgehead atoms. The van der Waals surface area contributed by atoms with Gasteiger partial charge in [-0.3, -0.25) is 19.2 Å². The van der Waals surface area contributed by atoms with Gasteiger partial charge in [-0.15, -0.1) is 0 Å². The SMILES string of the molecule is CCC(=O)OC1C2C(=C(O)c3c(O)cccc3C2C)C(=O)C2(O)C(O)=C(C(N)=O)C(=O)CC12. The monoisotopic (exact) mass is 457 g/mol. The first kappa shape index (κ1) is 22.5. The molecule has 10 nitrogen and oxygen atoms in total. The number of benzene rings is 1. The van der Waals surface area contributed by atoms with E-state index in [2.05, 4.69) is 0 Å². The Kier molecular flexibility index (Phi) is 5.08. The molecule has 174 valence electrons. The summed E-state index contributed by atoms with van der Waals surface area (Å²) in [6.07, 6.45) is -1.97. The first-order valence-corrected chi connectivity index (χ1v) is 10.4. The van der Waals surface area contributed by atoms with Gasteiger partial charge in [-0.05, 0) is 17.5 Å². The first-order valence-electron chi connectivity index (χ1n) is 10.4. The second-order valence-electron chi connectivity index (χ2n) is 8.54. The Morgan fingerprint density at radius 2 is 1.88 bits per heavy atom. The average Bonchev–Trinajstić information content (AvgIpc) is 2.75. The maximum Gasteiger partial charge on any atom is 0.305 e. The summed E-state index contributed by atoms with van der Waals surface area (Å²) in [5.74, 6) is -9.33. The lowest BCUT2D eigenvalue weighted by Crippen LogP contribution is -2.64. The van der Waals surface area contributed by atoms with Crippen molar-refractivity contribution in [3.63, 3.8) is 0 Å². The van der Waals surface area contributed by atoms with Gasteiger partial charge in [0.2, 0.25) is 5.78 Å². The predicted octanol–water partition coefficient (Wildman–Crippen LogP) is 0.917. The molecule has 5 unspecified atom stereocenters. The Balaban J connectivity index is 2.04. The van der Waals surface area contributed by atoms with Gasteiger partial charge in [0.05, 0.1) is 5.56 Å². The minimum atomic E-state index is -2.85. The van der Waals surface area contributed by atoms with Crippen molar-refractivity contribution >= 4 is 29.2 Å². The zero-order valence-corrected chi connectivity index (χ0v) is 17.9. The second-order valence-corrected chi connectivity index (χ2v) is 8.54. The summed E-state index contributed by atoms with van der Waals surface area (Å²) in [7, 11) is 0. The van der Waals surface area contributed by atoms with Crippen LogP contribution in [-0.4, -0.2) is 55.6 Å². The van der Waals surface area contributed by atoms with Gasteiger partial charge >= 0.3 is 5.97 Å². The van der Waals surface area contributed by atoms with Gasteiger partial charge in [-0.2, -0.15) is 0 Å². The van der Waals surface area contributed by atoms with E-state index < -0.39 is 76.4 Å². The van der Waals surface area contributed by atoms with Crippen LogP contribution in [0.3, 0.4) is 0 Å². The number of carbonyl (C=O) groups excluding carboxylic acids is 4. The fourth-order valence-corrected chi connectivity index (χ4v) is 5.32. The van der Waals surface area contributed by atoms with Crippen molar-refractivity contribution in [3.05, 3.63) is 46.2 Å². The van der Waals surface area contributed by atoms with E-state index in [1.807, 2.05) is 0 Å². The molecule has 0 radical (unpaired) electrons. The van der Waals surface area contributed by atoms with Crippen LogP contribution in [0.15, 0.2) is 35.1 Å². The van der Waals surface area contributed by atoms with Crippen molar-refractivity contribution in [1.82, 2.24) is 0 Å². The van der Waals surface area contributed by atoms with E-state index in [1.54, 1.807) is 19.1 Å². The van der Waals surface area contributed by atoms with Gasteiger partial charge < -0.3 is 30.9 Å². The van der Waals surface area contributed by atoms with Crippen molar-refractivity contribution in [2.24, 2.45) is 17.6 Å². The van der Waals surface area contributed by atoms with Crippen molar-refractivity contribution in [2.75, 3.05) is 0 Å². The number of aromatic hydroxyl groups is 1. The van der Waals surface area contributed by atoms with E-state index in [1.165, 1.54) is 13.0 Å². The van der Waals surface area contributed by atoms with Gasteiger partial charge in [-0.25, -0.2) is 0 Å². The van der Waals surface area contributed by atoms with Gasteiger partial charge in [0.1, 0.15) is 28.9 Å². The Morgan fingerprint density at radius 3 is 2.48 bits per heavy atom. The summed E-state index contributed by atoms with van der Waals surface area (Å²) in [5, 5.41) is 43.6. The molecular weight excluding hydrogens is 434 g/mol. The Bertz CT molecular complexity index is 1180. The molecule has 33 heavy (non-hydrogen) atoms. The van der Waals surface area contributed by atoms with Crippen LogP contribution in [0.5, 0.6) is 5.75 Å². The molecule has 1 saturated carbocycles. The van der Waals surface area contributed by atoms with Crippen LogP contribution in [0.1, 0.15) is 43.7 Å². The molecule has 3 aliphatic carbocycles. The molecule has 3 aliphatic rings. The first-order chi connectivity index (χ1) is 15.5. The molecule has 0 saturated heterocycles. The smallest absolute Gasteiger partial charge is 0.305 e. The molecule has 6 N–H and O–H groups in total. The maximum atomic E-state index is 13.6. The third-order valence-corrected chi connectivity index (χ3v) is 6.89. The predicted molar refractivity (Wildman–Crippen MR) is 112 cm³/mol. The van der Waals surface area contributed by atoms with Crippen molar-refractivity contribution < 1.29 is 44.3 Å². The van der Waals surface area contributed by atoms with Crippen LogP contribution >= 0.6 is 0 Å². The zero-order chi connectivity index (χ0) is 24.4. The summed E-state index contributed by atoms with van der Waals surface area (Å²) in [6, 6.07) is 4.49. The molecule has 5 atom stereocenters. The van der Waals surface area contributed by atoms with E-state index in [-0.39, 0.29) is 23.3 Å². The second kappa shape index (κ2) is 7.45. The fraction of sp³-hybridized carbons (Fsp3) is 0.391. The number of ketones is 2. The number of rotatable bonds is 3. The fourth-order valence-electron chi connectivity index (χ4n) is 5.32. The summed E-state index contributed by atoms with van der Waals surface area (Å²) in [5.41, 5.74) is 1.48. The minimum Gasteiger partial charge on any atom is -0.508 e. The maximum absolute atomic E-state index is 13.6. The van der Waals surface area contributed by atoms with E-state index in [9.17, 15) is 39.6 Å². The molecule has 0 aromatic heterocycles. The van der Waals surface area contributed by atoms with Crippen LogP contribution in [-0.2, 0) is 23.9 Å². The lowest BCUT2D eigenvalue weighted by molar-refractivity contribution is -0.178. The largest absolute Gasteiger partial charge is 0.508 e. The van der Waals surface area contributed by atoms with E-state index in [0.717, 1.165) is 0 Å². The van der Waals surface area contributed by atoms with Crippen LogP contribution in [0.2, 0.25) is 0 Å². The number of aliphatic hydroxyl groups excluding tert-OH is 2. The topological polar surface area (TPSA) is 184 Å². The molecule has 1 aromatic carbocycles. The third-order valence-electron chi connectivity index (χ3n) is 6.89. The van der Waals surface area contributed by atoms with E-state index in [0.29, 0.717) is 5.56 Å². The lowest BCUT2D eigenvalue weighted by atomic mass is 9.55. The number of hydrogen-bond acceptors (Lipinski definition) is 9. The number of phenolic OH excluding ortho intramolecular Hbond substituents is 1. The van der Waals surface area contributed by atoms with Crippen LogP contribution in [0, 0.1) is 11.8 Å². The number of nitrogens with two attached hydrogens (primary N) is 1. The summed E-state index contributed by atoms with van der Waals surface area (Å²) >= 11 is 0. The van der Waals surface area contributed by atoms with Crippen LogP contribution in [0.4, 0.5) is 0 Å². The Labute approximate surface area is 188 Å². The molecule has 4 rings (SSSR count). The number of hydrogen-bond donors (Lipinski definition) is 5. The number of amides is 1. The van der Waals surface area contributed by atoms with Crippen molar-refractivity contribution in [3.8, 4) is 5.75 Å². The normalized spacial score (nSPS) is 31.0. The van der Waals surface area contributed by atoms with Gasteiger partial charge in [0.15, 0.2) is 11.4 Å². The number of phenols is 1. The highest BCUT2D eigenvalue weighted by molar-refractivity contribution is 6.23. The number of esters is 1. The van der Waals surface area contributed by atoms with Gasteiger partial charge in [0, 0.05) is 30.3 Å². The number of primary amides is 1. The zero-order valence-electron chi connectivity index (χ0n) is 17.9. The Morgan fingerprint density at radius 1 is 1.21 bits per heavy atom. The molecule has 1 amide bonds. The molecule has 0 spiro atoms. The molecule has 1 aromatic rings. The molecule has 0 aliphatic heterocycles.